The SMILES string of the molecule is CN(CCF)C(=O)c1cc2c(C(=O)NCC3(c4ccc(Cl)cc4)CCCCC3)cccn2n1. The van der Waals surface area contributed by atoms with Gasteiger partial charge in [0.15, 0.2) is 5.69 Å². The minimum atomic E-state index is -0.626. The average Bonchev–Trinajstić information content (AvgIpc) is 3.27. The van der Waals surface area contributed by atoms with Crippen LogP contribution in [-0.2, 0) is 5.41 Å². The lowest BCUT2D eigenvalue weighted by molar-refractivity contribution is 0.0779. The third kappa shape index (κ3) is 4.88. The molecule has 0 unspecified atom stereocenters. The molecule has 1 aliphatic rings. The van der Waals surface area contributed by atoms with E-state index in [-0.39, 0.29) is 29.5 Å². The topological polar surface area (TPSA) is 66.7 Å². The molecule has 3 aromatic rings. The first-order valence-corrected chi connectivity index (χ1v) is 11.7. The summed E-state index contributed by atoms with van der Waals surface area (Å²) in [4.78, 5) is 27.0. The quantitative estimate of drug-likeness (QED) is 0.546. The minimum absolute atomic E-state index is 0.00711. The lowest BCUT2D eigenvalue weighted by atomic mass is 9.69. The average molecular weight is 471 g/mol. The highest BCUT2D eigenvalue weighted by molar-refractivity contribution is 6.30. The van der Waals surface area contributed by atoms with Crippen LogP contribution < -0.4 is 5.32 Å². The highest BCUT2D eigenvalue weighted by Gasteiger charge is 2.34. The second-order valence-corrected chi connectivity index (χ2v) is 9.16. The standard InChI is InChI=1S/C25H28ClFN4O2/c1-30(15-13-27)24(33)21-16-22-20(6-5-14-31(22)29-21)23(32)28-17-25(11-3-2-4-12-25)18-7-9-19(26)10-8-18/h5-10,14,16H,2-4,11-13,15,17H2,1H3,(H,28,32). The summed E-state index contributed by atoms with van der Waals surface area (Å²) in [6.07, 6.45) is 7.14. The van der Waals surface area contributed by atoms with Gasteiger partial charge in [0.2, 0.25) is 0 Å². The Morgan fingerprint density at radius 1 is 1.18 bits per heavy atom. The van der Waals surface area contributed by atoms with Gasteiger partial charge in [0, 0.05) is 36.8 Å². The zero-order valence-electron chi connectivity index (χ0n) is 18.7. The molecule has 1 saturated carbocycles. The van der Waals surface area contributed by atoms with Gasteiger partial charge in [0.25, 0.3) is 11.8 Å². The van der Waals surface area contributed by atoms with Crippen molar-refractivity contribution in [3.8, 4) is 0 Å². The molecule has 0 bridgehead atoms. The molecule has 0 spiro atoms. The Hall–Kier alpha value is -2.93. The van der Waals surface area contributed by atoms with E-state index in [1.807, 2.05) is 12.1 Å². The molecule has 1 aliphatic carbocycles. The van der Waals surface area contributed by atoms with Crippen LogP contribution in [-0.4, -0.2) is 53.1 Å². The van der Waals surface area contributed by atoms with E-state index in [2.05, 4.69) is 22.5 Å². The first-order valence-electron chi connectivity index (χ1n) is 11.3. The highest BCUT2D eigenvalue weighted by Crippen LogP contribution is 2.39. The number of pyridine rings is 1. The summed E-state index contributed by atoms with van der Waals surface area (Å²) < 4.78 is 14.1. The molecule has 1 fully saturated rings. The number of aromatic nitrogens is 2. The number of nitrogens with zero attached hydrogens (tertiary/aromatic N) is 3. The van der Waals surface area contributed by atoms with E-state index in [0.29, 0.717) is 22.6 Å². The van der Waals surface area contributed by atoms with E-state index in [9.17, 15) is 14.0 Å². The Balaban J connectivity index is 1.57. The molecule has 33 heavy (non-hydrogen) atoms. The van der Waals surface area contributed by atoms with Gasteiger partial charge in [-0.25, -0.2) is 8.91 Å². The van der Waals surface area contributed by atoms with Crippen LogP contribution in [0.4, 0.5) is 4.39 Å². The fourth-order valence-corrected chi connectivity index (χ4v) is 4.81. The Morgan fingerprint density at radius 2 is 1.91 bits per heavy atom. The van der Waals surface area contributed by atoms with E-state index in [1.54, 1.807) is 24.4 Å². The van der Waals surface area contributed by atoms with Crippen molar-refractivity contribution in [2.24, 2.45) is 0 Å². The van der Waals surface area contributed by atoms with Crippen LogP contribution >= 0.6 is 11.6 Å². The molecule has 2 amide bonds. The maximum absolute atomic E-state index is 13.2. The van der Waals surface area contributed by atoms with Gasteiger partial charge in [0.1, 0.15) is 6.67 Å². The van der Waals surface area contributed by atoms with E-state index in [4.69, 9.17) is 11.6 Å². The Morgan fingerprint density at radius 3 is 2.61 bits per heavy atom. The fraction of sp³-hybridized carbons (Fsp3) is 0.400. The molecular formula is C25H28ClFN4O2. The first kappa shape index (κ1) is 23.2. The number of rotatable bonds is 7. The summed E-state index contributed by atoms with van der Waals surface area (Å²) in [6.45, 7) is -0.112. The van der Waals surface area contributed by atoms with Crippen LogP contribution in [0.25, 0.3) is 5.52 Å². The van der Waals surface area contributed by atoms with Gasteiger partial charge < -0.3 is 10.2 Å². The Bertz CT molecular complexity index is 1140. The highest BCUT2D eigenvalue weighted by atomic mass is 35.5. The number of benzene rings is 1. The zero-order valence-corrected chi connectivity index (χ0v) is 19.4. The molecule has 0 radical (unpaired) electrons. The minimum Gasteiger partial charge on any atom is -0.351 e. The largest absolute Gasteiger partial charge is 0.351 e. The van der Waals surface area contributed by atoms with Crippen molar-refractivity contribution in [1.82, 2.24) is 19.8 Å². The first-order chi connectivity index (χ1) is 15.9. The third-order valence-electron chi connectivity index (χ3n) is 6.59. The number of carbonyl (C=O) groups excluding carboxylic acids is 2. The van der Waals surface area contributed by atoms with Gasteiger partial charge in [-0.1, -0.05) is 43.0 Å². The number of alkyl halides is 1. The second kappa shape index (κ2) is 9.91. The molecule has 0 saturated heterocycles. The van der Waals surface area contributed by atoms with E-state index < -0.39 is 6.67 Å². The maximum Gasteiger partial charge on any atom is 0.274 e. The van der Waals surface area contributed by atoms with E-state index >= 15 is 0 Å². The molecule has 1 aromatic carbocycles. The van der Waals surface area contributed by atoms with Crippen LogP contribution in [0, 0.1) is 0 Å². The van der Waals surface area contributed by atoms with E-state index in [0.717, 1.165) is 25.7 Å². The number of amides is 2. The lowest BCUT2D eigenvalue weighted by Gasteiger charge is -2.38. The van der Waals surface area contributed by atoms with Gasteiger partial charge in [-0.05, 0) is 48.7 Å². The van der Waals surface area contributed by atoms with Crippen molar-refractivity contribution in [3.63, 3.8) is 0 Å². The summed E-state index contributed by atoms with van der Waals surface area (Å²) in [5.41, 5.74) is 2.23. The second-order valence-electron chi connectivity index (χ2n) is 8.73. The molecule has 2 heterocycles. The van der Waals surface area contributed by atoms with Gasteiger partial charge in [0.05, 0.1) is 11.1 Å². The number of nitrogens with one attached hydrogen (secondary N) is 1. The summed E-state index contributed by atoms with van der Waals surface area (Å²) >= 11 is 6.10. The molecule has 4 rings (SSSR count). The number of hydrogen-bond donors (Lipinski definition) is 1. The molecular weight excluding hydrogens is 443 g/mol. The molecule has 0 aliphatic heterocycles. The molecule has 2 aromatic heterocycles. The van der Waals surface area contributed by atoms with Gasteiger partial charge in [-0.2, -0.15) is 5.10 Å². The van der Waals surface area contributed by atoms with Crippen LogP contribution in [0.2, 0.25) is 5.02 Å². The Labute approximate surface area is 197 Å². The monoisotopic (exact) mass is 470 g/mol. The van der Waals surface area contributed by atoms with Crippen molar-refractivity contribution in [1.29, 1.82) is 0 Å². The molecule has 6 nitrogen and oxygen atoms in total. The van der Waals surface area contributed by atoms with Crippen molar-refractivity contribution in [2.75, 3.05) is 26.8 Å². The molecule has 8 heteroatoms. The van der Waals surface area contributed by atoms with Crippen molar-refractivity contribution in [2.45, 2.75) is 37.5 Å². The van der Waals surface area contributed by atoms with Gasteiger partial charge in [-0.15, -0.1) is 0 Å². The van der Waals surface area contributed by atoms with Gasteiger partial charge in [-0.3, -0.25) is 9.59 Å². The third-order valence-corrected chi connectivity index (χ3v) is 6.84. The van der Waals surface area contributed by atoms with Crippen LogP contribution in [0.5, 0.6) is 0 Å². The summed E-state index contributed by atoms with van der Waals surface area (Å²) in [6, 6.07) is 13.0. The van der Waals surface area contributed by atoms with Crippen LogP contribution in [0.15, 0.2) is 48.7 Å². The molecule has 1 N–H and O–H groups in total. The van der Waals surface area contributed by atoms with E-state index in [1.165, 1.54) is 28.4 Å². The predicted octanol–water partition coefficient (Wildman–Crippen LogP) is 4.66. The van der Waals surface area contributed by atoms with Crippen molar-refractivity contribution < 1.29 is 14.0 Å². The van der Waals surface area contributed by atoms with Crippen LogP contribution in [0.3, 0.4) is 0 Å². The normalized spacial score (nSPS) is 15.4. The summed E-state index contributed by atoms with van der Waals surface area (Å²) in [5, 5.41) is 8.13. The van der Waals surface area contributed by atoms with Crippen LogP contribution in [0.1, 0.15) is 58.5 Å². The van der Waals surface area contributed by atoms with Crippen molar-refractivity contribution >= 4 is 28.9 Å². The summed E-state index contributed by atoms with van der Waals surface area (Å²) in [7, 11) is 1.53. The number of halogens is 2. The Kier molecular flexibility index (Phi) is 6.98. The lowest BCUT2D eigenvalue weighted by Crippen LogP contribution is -2.42. The number of hydrogen-bond acceptors (Lipinski definition) is 3. The van der Waals surface area contributed by atoms with Crippen molar-refractivity contribution in [3.05, 3.63) is 70.5 Å². The maximum atomic E-state index is 13.2. The molecule has 174 valence electrons. The fourth-order valence-electron chi connectivity index (χ4n) is 4.68. The molecule has 0 atom stereocenters. The van der Waals surface area contributed by atoms with Gasteiger partial charge >= 0.3 is 0 Å². The zero-order chi connectivity index (χ0) is 23.4. The smallest absolute Gasteiger partial charge is 0.274 e. The predicted molar refractivity (Wildman–Crippen MR) is 127 cm³/mol. The number of carbonyl (C=O) groups is 2. The number of fused-ring (bicyclic) bond motifs is 1. The summed E-state index contributed by atoms with van der Waals surface area (Å²) in [5.74, 6) is -0.595.